The Hall–Kier alpha value is -4.85. The number of halogens is 1. The third-order valence-electron chi connectivity index (χ3n) is 6.55. The maximum absolute atomic E-state index is 13.8. The monoisotopic (exact) mass is 540 g/mol. The van der Waals surface area contributed by atoms with Crippen LogP contribution in [0.15, 0.2) is 103 Å². The molecule has 1 aliphatic heterocycles. The quantitative estimate of drug-likeness (QED) is 0.293. The van der Waals surface area contributed by atoms with Gasteiger partial charge >= 0.3 is 0 Å². The zero-order valence-corrected chi connectivity index (χ0v) is 21.8. The minimum atomic E-state index is -0.853. The first-order chi connectivity index (χ1) is 19.5. The van der Waals surface area contributed by atoms with Crippen LogP contribution in [0.1, 0.15) is 16.7 Å². The average Bonchev–Trinajstić information content (AvgIpc) is 3.46. The number of carbonyl (C=O) groups excluding carboxylic acids is 2. The Bertz CT molecular complexity index is 1430. The number of fused-ring (bicyclic) bond motifs is 1. The van der Waals surface area contributed by atoms with Crippen molar-refractivity contribution in [3.8, 4) is 17.2 Å². The number of nitrogens with zero attached hydrogens (tertiary/aromatic N) is 1. The Kier molecular flexibility index (Phi) is 8.56. The molecule has 4 aromatic rings. The second kappa shape index (κ2) is 12.8. The van der Waals surface area contributed by atoms with E-state index in [0.717, 1.165) is 11.1 Å². The van der Waals surface area contributed by atoms with E-state index < -0.39 is 6.04 Å². The zero-order valence-electron chi connectivity index (χ0n) is 21.8. The third-order valence-corrected chi connectivity index (χ3v) is 6.55. The van der Waals surface area contributed by atoms with Gasteiger partial charge < -0.3 is 24.4 Å². The van der Waals surface area contributed by atoms with Crippen molar-refractivity contribution in [1.82, 2.24) is 10.2 Å². The molecule has 0 aliphatic carbocycles. The molecule has 1 N–H and O–H groups in total. The molecule has 1 aliphatic rings. The number of hydrogen-bond donors (Lipinski definition) is 1. The number of ether oxygens (including phenoxy) is 3. The van der Waals surface area contributed by atoms with Gasteiger partial charge in [0.05, 0.1) is 0 Å². The van der Waals surface area contributed by atoms with E-state index in [4.69, 9.17) is 14.2 Å². The average molecular weight is 541 g/mol. The highest BCUT2D eigenvalue weighted by Crippen LogP contribution is 2.32. The van der Waals surface area contributed by atoms with E-state index >= 15 is 0 Å². The fraction of sp³-hybridized carbons (Fsp3) is 0.188. The molecule has 40 heavy (non-hydrogen) atoms. The van der Waals surface area contributed by atoms with Crippen LogP contribution < -0.4 is 19.5 Å². The summed E-state index contributed by atoms with van der Waals surface area (Å²) in [5.74, 6) is 0.759. The molecule has 0 saturated carbocycles. The maximum atomic E-state index is 13.8. The van der Waals surface area contributed by atoms with Crippen molar-refractivity contribution in [2.45, 2.75) is 25.6 Å². The van der Waals surface area contributed by atoms with Gasteiger partial charge in [-0.2, -0.15) is 0 Å². The Labute approximate surface area is 232 Å². The van der Waals surface area contributed by atoms with E-state index in [1.165, 1.54) is 17.0 Å². The van der Waals surface area contributed by atoms with Gasteiger partial charge in [-0.15, -0.1) is 0 Å². The summed E-state index contributed by atoms with van der Waals surface area (Å²) in [5.41, 5.74) is 2.42. The van der Waals surface area contributed by atoms with E-state index in [1.807, 2.05) is 60.7 Å². The van der Waals surface area contributed by atoms with Crippen molar-refractivity contribution in [2.24, 2.45) is 0 Å². The minimum Gasteiger partial charge on any atom is -0.484 e. The molecule has 1 unspecified atom stereocenters. The number of nitrogens with one attached hydrogen (secondary N) is 1. The van der Waals surface area contributed by atoms with E-state index in [1.54, 1.807) is 30.3 Å². The van der Waals surface area contributed by atoms with Crippen LogP contribution in [-0.2, 0) is 29.1 Å². The topological polar surface area (TPSA) is 77.1 Å². The summed E-state index contributed by atoms with van der Waals surface area (Å²) in [5, 5.41) is 2.98. The van der Waals surface area contributed by atoms with Crippen molar-refractivity contribution >= 4 is 11.8 Å². The number of para-hydroxylation sites is 1. The van der Waals surface area contributed by atoms with Gasteiger partial charge in [-0.1, -0.05) is 66.7 Å². The van der Waals surface area contributed by atoms with Gasteiger partial charge in [-0.25, -0.2) is 4.39 Å². The van der Waals surface area contributed by atoms with Gasteiger partial charge in [0.2, 0.25) is 12.7 Å². The molecule has 5 rings (SSSR count). The molecule has 0 radical (unpaired) electrons. The summed E-state index contributed by atoms with van der Waals surface area (Å²) in [7, 11) is 0. The van der Waals surface area contributed by atoms with Crippen LogP contribution in [0.5, 0.6) is 17.2 Å². The maximum Gasteiger partial charge on any atom is 0.261 e. The Morgan fingerprint density at radius 3 is 2.25 bits per heavy atom. The fourth-order valence-electron chi connectivity index (χ4n) is 4.44. The summed E-state index contributed by atoms with van der Waals surface area (Å²) in [6.45, 7) is 0.244. The van der Waals surface area contributed by atoms with Crippen LogP contribution in [-0.4, -0.2) is 36.2 Å². The number of hydrogen-bond acceptors (Lipinski definition) is 5. The van der Waals surface area contributed by atoms with Gasteiger partial charge in [0.25, 0.3) is 5.91 Å². The molecule has 1 atom stereocenters. The van der Waals surface area contributed by atoms with E-state index in [-0.39, 0.29) is 50.5 Å². The molecule has 0 saturated heterocycles. The standard InChI is InChI=1S/C32H29FN2O5/c33-26-14-11-24(12-15-26)20-35(31(36)21-38-27-9-5-2-6-10-27)28(17-23-7-3-1-4-8-23)32(37)34-19-25-13-16-29-30(18-25)40-22-39-29/h1-16,18,28H,17,19-22H2,(H,34,37). The predicted octanol–water partition coefficient (Wildman–Crippen LogP) is 4.89. The Morgan fingerprint density at radius 1 is 0.825 bits per heavy atom. The fourth-order valence-corrected chi connectivity index (χ4v) is 4.44. The van der Waals surface area contributed by atoms with Crippen molar-refractivity contribution in [3.05, 3.63) is 126 Å². The molecule has 4 aromatic carbocycles. The van der Waals surface area contributed by atoms with Crippen molar-refractivity contribution in [3.63, 3.8) is 0 Å². The lowest BCUT2D eigenvalue weighted by Crippen LogP contribution is -2.51. The van der Waals surface area contributed by atoms with Gasteiger partial charge in [0.15, 0.2) is 18.1 Å². The molecular formula is C32H29FN2O5. The van der Waals surface area contributed by atoms with E-state index in [9.17, 15) is 14.0 Å². The van der Waals surface area contributed by atoms with Crippen LogP contribution in [0.4, 0.5) is 4.39 Å². The van der Waals surface area contributed by atoms with Crippen LogP contribution in [0.2, 0.25) is 0 Å². The molecule has 204 valence electrons. The van der Waals surface area contributed by atoms with Crippen LogP contribution >= 0.6 is 0 Å². The first-order valence-corrected chi connectivity index (χ1v) is 13.0. The van der Waals surface area contributed by atoms with Gasteiger partial charge in [-0.3, -0.25) is 9.59 Å². The normalized spacial score (nSPS) is 12.4. The Morgan fingerprint density at radius 2 is 1.50 bits per heavy atom. The van der Waals surface area contributed by atoms with Gasteiger partial charge in [0, 0.05) is 19.5 Å². The summed E-state index contributed by atoms with van der Waals surface area (Å²) in [4.78, 5) is 28.9. The molecule has 0 aromatic heterocycles. The molecule has 1 heterocycles. The molecule has 2 amide bonds. The number of rotatable bonds is 11. The highest BCUT2D eigenvalue weighted by Gasteiger charge is 2.31. The first kappa shape index (κ1) is 26.7. The lowest BCUT2D eigenvalue weighted by atomic mass is 10.0. The first-order valence-electron chi connectivity index (χ1n) is 13.0. The Balaban J connectivity index is 1.39. The van der Waals surface area contributed by atoms with Crippen LogP contribution in [0.3, 0.4) is 0 Å². The van der Waals surface area contributed by atoms with Gasteiger partial charge in [0.1, 0.15) is 17.6 Å². The van der Waals surface area contributed by atoms with Gasteiger partial charge in [-0.05, 0) is 53.1 Å². The third kappa shape index (κ3) is 6.96. The summed E-state index contributed by atoms with van der Waals surface area (Å²) in [6, 6.07) is 29.0. The summed E-state index contributed by atoms with van der Waals surface area (Å²) >= 11 is 0. The summed E-state index contributed by atoms with van der Waals surface area (Å²) in [6.07, 6.45) is 0.284. The molecular weight excluding hydrogens is 511 g/mol. The van der Waals surface area contributed by atoms with Crippen LogP contribution in [0, 0.1) is 5.82 Å². The second-order valence-electron chi connectivity index (χ2n) is 9.36. The number of carbonyl (C=O) groups is 2. The van der Waals surface area contributed by atoms with E-state index in [2.05, 4.69) is 5.32 Å². The molecule has 0 bridgehead atoms. The lowest BCUT2D eigenvalue weighted by Gasteiger charge is -2.31. The molecule has 0 fully saturated rings. The second-order valence-corrected chi connectivity index (χ2v) is 9.36. The smallest absolute Gasteiger partial charge is 0.261 e. The molecule has 8 heteroatoms. The van der Waals surface area contributed by atoms with E-state index in [0.29, 0.717) is 22.8 Å². The number of benzene rings is 4. The zero-order chi connectivity index (χ0) is 27.7. The van der Waals surface area contributed by atoms with Crippen molar-refractivity contribution in [1.29, 1.82) is 0 Å². The highest BCUT2D eigenvalue weighted by atomic mass is 19.1. The SMILES string of the molecule is O=C(NCc1ccc2c(c1)OCO2)C(Cc1ccccc1)N(Cc1ccc(F)cc1)C(=O)COc1ccccc1. The largest absolute Gasteiger partial charge is 0.484 e. The predicted molar refractivity (Wildman–Crippen MR) is 147 cm³/mol. The minimum absolute atomic E-state index is 0.103. The molecule has 0 spiro atoms. The molecule has 7 nitrogen and oxygen atoms in total. The van der Waals surface area contributed by atoms with Crippen LogP contribution in [0.25, 0.3) is 0 Å². The lowest BCUT2D eigenvalue weighted by molar-refractivity contribution is -0.142. The van der Waals surface area contributed by atoms with Crippen molar-refractivity contribution in [2.75, 3.05) is 13.4 Å². The number of amides is 2. The summed E-state index contributed by atoms with van der Waals surface area (Å²) < 4.78 is 30.2. The van der Waals surface area contributed by atoms with Crippen molar-refractivity contribution < 1.29 is 28.2 Å². The highest BCUT2D eigenvalue weighted by molar-refractivity contribution is 5.88.